The first-order valence-electron chi connectivity index (χ1n) is 4.18. The van der Waals surface area contributed by atoms with Crippen molar-refractivity contribution in [2.24, 2.45) is 5.73 Å². The number of aromatic nitrogens is 2. The fourth-order valence-electron chi connectivity index (χ4n) is 0.740. The second-order valence-electron chi connectivity index (χ2n) is 3.71. The van der Waals surface area contributed by atoms with Gasteiger partial charge in [-0.1, -0.05) is 11.3 Å². The number of hydrogen-bond donors (Lipinski definition) is 1. The standard InChI is InChI=1S/C8H13N3O2S/c1-8(2,3)13-7(12)6-11-10-5(4-9)14-6/h4,9H2,1-3H3. The lowest BCUT2D eigenvalue weighted by molar-refractivity contribution is 0.00683. The smallest absolute Gasteiger partial charge is 0.369 e. The Hall–Kier alpha value is -1.01. The number of nitrogens with two attached hydrogens (primary N) is 1. The zero-order valence-electron chi connectivity index (χ0n) is 8.40. The lowest BCUT2D eigenvalue weighted by Gasteiger charge is -2.17. The molecule has 0 aliphatic carbocycles. The van der Waals surface area contributed by atoms with E-state index in [1.165, 1.54) is 0 Å². The predicted molar refractivity (Wildman–Crippen MR) is 53.0 cm³/mol. The van der Waals surface area contributed by atoms with Crippen molar-refractivity contribution in [2.75, 3.05) is 0 Å². The molecule has 0 spiro atoms. The van der Waals surface area contributed by atoms with Crippen LogP contribution in [-0.2, 0) is 11.3 Å². The molecule has 1 rings (SSSR count). The van der Waals surface area contributed by atoms with E-state index in [1.807, 2.05) is 0 Å². The van der Waals surface area contributed by atoms with E-state index < -0.39 is 11.6 Å². The number of carbonyl (C=O) groups excluding carboxylic acids is 1. The van der Waals surface area contributed by atoms with E-state index in [1.54, 1.807) is 20.8 Å². The summed E-state index contributed by atoms with van der Waals surface area (Å²) in [6, 6.07) is 0. The van der Waals surface area contributed by atoms with Crippen molar-refractivity contribution in [1.29, 1.82) is 0 Å². The van der Waals surface area contributed by atoms with E-state index in [0.717, 1.165) is 11.3 Å². The van der Waals surface area contributed by atoms with Crippen LogP contribution in [0, 0.1) is 0 Å². The van der Waals surface area contributed by atoms with Crippen LogP contribution in [0.2, 0.25) is 0 Å². The van der Waals surface area contributed by atoms with Crippen molar-refractivity contribution in [3.05, 3.63) is 10.0 Å². The highest BCUT2D eigenvalue weighted by molar-refractivity contribution is 7.13. The van der Waals surface area contributed by atoms with E-state index in [9.17, 15) is 4.79 Å². The molecule has 78 valence electrons. The maximum absolute atomic E-state index is 11.4. The molecular weight excluding hydrogens is 202 g/mol. The lowest BCUT2D eigenvalue weighted by atomic mass is 10.2. The minimum Gasteiger partial charge on any atom is -0.455 e. The molecule has 1 aromatic rings. The van der Waals surface area contributed by atoms with Crippen LogP contribution in [0.5, 0.6) is 0 Å². The molecule has 0 saturated heterocycles. The Morgan fingerprint density at radius 1 is 1.50 bits per heavy atom. The van der Waals surface area contributed by atoms with Crippen LogP contribution >= 0.6 is 11.3 Å². The van der Waals surface area contributed by atoms with Crippen LogP contribution in [0.4, 0.5) is 0 Å². The quantitative estimate of drug-likeness (QED) is 0.743. The van der Waals surface area contributed by atoms with Crippen molar-refractivity contribution in [3.63, 3.8) is 0 Å². The molecule has 1 aromatic heterocycles. The van der Waals surface area contributed by atoms with E-state index in [-0.39, 0.29) is 5.01 Å². The highest BCUT2D eigenvalue weighted by atomic mass is 32.1. The van der Waals surface area contributed by atoms with E-state index in [0.29, 0.717) is 11.6 Å². The fraction of sp³-hybridized carbons (Fsp3) is 0.625. The summed E-state index contributed by atoms with van der Waals surface area (Å²) in [5.74, 6) is -0.449. The summed E-state index contributed by atoms with van der Waals surface area (Å²) in [5, 5.41) is 8.29. The molecular formula is C8H13N3O2S. The summed E-state index contributed by atoms with van der Waals surface area (Å²) in [6.07, 6.45) is 0. The Labute approximate surface area is 86.3 Å². The van der Waals surface area contributed by atoms with Gasteiger partial charge in [-0.15, -0.1) is 10.2 Å². The molecule has 6 heteroatoms. The van der Waals surface area contributed by atoms with Crippen LogP contribution in [0.1, 0.15) is 35.6 Å². The average molecular weight is 215 g/mol. The highest BCUT2D eigenvalue weighted by Crippen LogP contribution is 2.15. The maximum atomic E-state index is 11.4. The van der Waals surface area contributed by atoms with Crippen molar-refractivity contribution in [1.82, 2.24) is 10.2 Å². The van der Waals surface area contributed by atoms with Gasteiger partial charge in [-0.3, -0.25) is 0 Å². The van der Waals surface area contributed by atoms with Gasteiger partial charge in [0.05, 0.1) is 0 Å². The Morgan fingerprint density at radius 3 is 2.57 bits per heavy atom. The Kier molecular flexibility index (Phi) is 3.17. The Bertz CT molecular complexity index is 330. The third kappa shape index (κ3) is 3.04. The second-order valence-corrected chi connectivity index (χ2v) is 4.77. The normalized spacial score (nSPS) is 11.4. The predicted octanol–water partition coefficient (Wildman–Crippen LogP) is 0.952. The third-order valence-electron chi connectivity index (χ3n) is 1.21. The number of nitrogens with zero attached hydrogens (tertiary/aromatic N) is 2. The van der Waals surface area contributed by atoms with Crippen molar-refractivity contribution in [2.45, 2.75) is 32.9 Å². The molecule has 0 bridgehead atoms. The summed E-state index contributed by atoms with van der Waals surface area (Å²) in [5.41, 5.74) is 4.84. The summed E-state index contributed by atoms with van der Waals surface area (Å²) in [7, 11) is 0. The largest absolute Gasteiger partial charge is 0.455 e. The first kappa shape index (κ1) is 11.1. The summed E-state index contributed by atoms with van der Waals surface area (Å²) < 4.78 is 5.11. The van der Waals surface area contributed by atoms with Gasteiger partial charge >= 0.3 is 5.97 Å². The van der Waals surface area contributed by atoms with Gasteiger partial charge in [0.2, 0.25) is 5.01 Å². The molecule has 0 radical (unpaired) electrons. The monoisotopic (exact) mass is 215 g/mol. The SMILES string of the molecule is CC(C)(C)OC(=O)c1nnc(CN)s1. The minimum absolute atomic E-state index is 0.250. The zero-order valence-corrected chi connectivity index (χ0v) is 9.22. The van der Waals surface area contributed by atoms with Crippen LogP contribution < -0.4 is 5.73 Å². The third-order valence-corrected chi connectivity index (χ3v) is 2.14. The zero-order chi connectivity index (χ0) is 10.8. The molecule has 14 heavy (non-hydrogen) atoms. The van der Waals surface area contributed by atoms with Gasteiger partial charge in [-0.05, 0) is 20.8 Å². The molecule has 1 heterocycles. The molecule has 0 aliphatic rings. The minimum atomic E-state index is -0.508. The molecule has 0 aromatic carbocycles. The molecule has 0 fully saturated rings. The van der Waals surface area contributed by atoms with E-state index in [2.05, 4.69) is 10.2 Å². The summed E-state index contributed by atoms with van der Waals surface area (Å²) in [4.78, 5) is 11.4. The van der Waals surface area contributed by atoms with Gasteiger partial charge in [0.15, 0.2) is 0 Å². The number of ether oxygens (including phenoxy) is 1. The van der Waals surface area contributed by atoms with Crippen molar-refractivity contribution in [3.8, 4) is 0 Å². The first-order valence-corrected chi connectivity index (χ1v) is 5.00. The highest BCUT2D eigenvalue weighted by Gasteiger charge is 2.20. The van der Waals surface area contributed by atoms with Gasteiger partial charge in [-0.25, -0.2) is 4.79 Å². The molecule has 0 atom stereocenters. The van der Waals surface area contributed by atoms with Gasteiger partial charge in [0.1, 0.15) is 10.6 Å². The Balaban J connectivity index is 2.70. The summed E-state index contributed by atoms with van der Waals surface area (Å²) in [6.45, 7) is 5.70. The maximum Gasteiger partial charge on any atom is 0.369 e. The molecule has 2 N–H and O–H groups in total. The van der Waals surface area contributed by atoms with Crippen LogP contribution in [0.3, 0.4) is 0 Å². The molecule has 5 nitrogen and oxygen atoms in total. The van der Waals surface area contributed by atoms with Crippen LogP contribution in [0.25, 0.3) is 0 Å². The number of rotatable bonds is 2. The van der Waals surface area contributed by atoms with Crippen LogP contribution in [0.15, 0.2) is 0 Å². The van der Waals surface area contributed by atoms with Crippen molar-refractivity contribution >= 4 is 17.3 Å². The number of carbonyl (C=O) groups is 1. The molecule has 0 aliphatic heterocycles. The second kappa shape index (κ2) is 4.02. The van der Waals surface area contributed by atoms with Gasteiger partial charge in [0.25, 0.3) is 0 Å². The van der Waals surface area contributed by atoms with E-state index >= 15 is 0 Å². The summed E-state index contributed by atoms with van der Waals surface area (Å²) >= 11 is 1.16. The topological polar surface area (TPSA) is 78.1 Å². The van der Waals surface area contributed by atoms with Crippen LogP contribution in [-0.4, -0.2) is 21.8 Å². The molecule has 0 amide bonds. The van der Waals surface area contributed by atoms with Gasteiger partial charge in [-0.2, -0.15) is 0 Å². The lowest BCUT2D eigenvalue weighted by Crippen LogP contribution is -2.23. The Morgan fingerprint density at radius 2 is 2.14 bits per heavy atom. The van der Waals surface area contributed by atoms with Gasteiger partial charge in [0, 0.05) is 6.54 Å². The number of esters is 1. The molecule has 0 saturated carbocycles. The van der Waals surface area contributed by atoms with Crippen molar-refractivity contribution < 1.29 is 9.53 Å². The molecule has 0 unspecified atom stereocenters. The number of hydrogen-bond acceptors (Lipinski definition) is 6. The first-order chi connectivity index (χ1) is 6.42. The van der Waals surface area contributed by atoms with Gasteiger partial charge < -0.3 is 10.5 Å². The fourth-order valence-corrected chi connectivity index (χ4v) is 1.34. The average Bonchev–Trinajstić information content (AvgIpc) is 2.48. The van der Waals surface area contributed by atoms with E-state index in [4.69, 9.17) is 10.5 Å².